The predicted octanol–water partition coefficient (Wildman–Crippen LogP) is 8.17. The molecule has 0 spiro atoms. The first-order valence-corrected chi connectivity index (χ1v) is 16.2. The highest BCUT2D eigenvalue weighted by Gasteiger charge is 2.31. The molecule has 3 aromatic carbocycles. The van der Waals surface area contributed by atoms with Gasteiger partial charge in [-0.15, -0.1) is 18.3 Å². The second kappa shape index (κ2) is 14.5. The smallest absolute Gasteiger partial charge is 0.497 e. The van der Waals surface area contributed by atoms with Gasteiger partial charge in [-0.2, -0.15) is 4.99 Å². The molecule has 1 aromatic heterocycles. The maximum absolute atomic E-state index is 13.1. The molecular weight excluding hydrogens is 629 g/mol. The number of amidine groups is 1. The Hall–Kier alpha value is -4.52. The predicted molar refractivity (Wildman–Crippen MR) is 179 cm³/mol. The SMILES string of the molecule is COc1ccc(N2/C(=N/C(=O)NCC(C)c3ccc(-c4ncn(-c5ccc(OC(F)(F)F)cc5)n4)cc3)SCCC2C)c(C(C)C)c1. The van der Waals surface area contributed by atoms with Crippen LogP contribution in [0.4, 0.5) is 23.7 Å². The molecule has 0 saturated carbocycles. The maximum Gasteiger partial charge on any atom is 0.573 e. The molecule has 4 aromatic rings. The summed E-state index contributed by atoms with van der Waals surface area (Å²) in [6.07, 6.45) is -2.28. The summed E-state index contributed by atoms with van der Waals surface area (Å²) >= 11 is 1.59. The van der Waals surface area contributed by atoms with Crippen LogP contribution in [0, 0.1) is 0 Å². The lowest BCUT2D eigenvalue weighted by molar-refractivity contribution is -0.274. The van der Waals surface area contributed by atoms with Crippen molar-refractivity contribution < 1.29 is 27.4 Å². The number of carbonyl (C=O) groups is 1. The zero-order valence-corrected chi connectivity index (χ0v) is 27.6. The number of carbonyl (C=O) groups excluding carboxylic acids is 1. The van der Waals surface area contributed by atoms with E-state index in [9.17, 15) is 18.0 Å². The number of aliphatic imine (C=N–C) groups is 1. The van der Waals surface area contributed by atoms with Gasteiger partial charge in [0.25, 0.3) is 0 Å². The molecule has 2 heterocycles. The van der Waals surface area contributed by atoms with Crippen molar-refractivity contribution in [2.45, 2.75) is 58.4 Å². The Morgan fingerprint density at radius 1 is 1.06 bits per heavy atom. The number of nitrogens with zero attached hydrogens (tertiary/aromatic N) is 5. The second-order valence-corrected chi connectivity index (χ2v) is 12.7. The van der Waals surface area contributed by atoms with Crippen molar-refractivity contribution in [3.8, 4) is 28.6 Å². The Labute approximate surface area is 276 Å². The van der Waals surface area contributed by atoms with Crippen LogP contribution in [0.5, 0.6) is 11.5 Å². The van der Waals surface area contributed by atoms with E-state index in [0.29, 0.717) is 23.2 Å². The van der Waals surface area contributed by atoms with Gasteiger partial charge in [0.1, 0.15) is 17.8 Å². The summed E-state index contributed by atoms with van der Waals surface area (Å²) in [6, 6.07) is 18.9. The first-order valence-electron chi connectivity index (χ1n) is 15.3. The number of amides is 2. The van der Waals surface area contributed by atoms with Crippen molar-refractivity contribution in [1.29, 1.82) is 0 Å². The normalized spacial score (nSPS) is 16.7. The van der Waals surface area contributed by atoms with E-state index in [4.69, 9.17) is 4.74 Å². The topological polar surface area (TPSA) is 93.9 Å². The van der Waals surface area contributed by atoms with Crippen LogP contribution in [0.1, 0.15) is 57.1 Å². The Morgan fingerprint density at radius 2 is 1.77 bits per heavy atom. The number of rotatable bonds is 9. The molecule has 47 heavy (non-hydrogen) atoms. The van der Waals surface area contributed by atoms with Crippen LogP contribution in [-0.2, 0) is 0 Å². The minimum Gasteiger partial charge on any atom is -0.497 e. The molecule has 1 aliphatic heterocycles. The fourth-order valence-electron chi connectivity index (χ4n) is 5.24. The van der Waals surface area contributed by atoms with Gasteiger partial charge in [0.15, 0.2) is 11.0 Å². The van der Waals surface area contributed by atoms with Crippen LogP contribution >= 0.6 is 11.8 Å². The molecule has 1 saturated heterocycles. The van der Waals surface area contributed by atoms with Gasteiger partial charge in [0, 0.05) is 29.6 Å². The van der Waals surface area contributed by atoms with Gasteiger partial charge in [0.05, 0.1) is 12.8 Å². The van der Waals surface area contributed by atoms with Crippen LogP contribution < -0.4 is 19.7 Å². The zero-order chi connectivity index (χ0) is 33.7. The third kappa shape index (κ3) is 8.45. The van der Waals surface area contributed by atoms with E-state index in [1.54, 1.807) is 18.9 Å². The number of benzene rings is 3. The minimum atomic E-state index is -4.75. The van der Waals surface area contributed by atoms with E-state index in [-0.39, 0.29) is 29.7 Å². The number of thioether (sulfide) groups is 1. The van der Waals surface area contributed by atoms with E-state index in [0.717, 1.165) is 40.3 Å². The lowest BCUT2D eigenvalue weighted by Crippen LogP contribution is -2.42. The highest BCUT2D eigenvalue weighted by molar-refractivity contribution is 8.14. The lowest BCUT2D eigenvalue weighted by Gasteiger charge is -2.37. The molecule has 5 rings (SSSR count). The summed E-state index contributed by atoms with van der Waals surface area (Å²) in [5.41, 5.74) is 4.50. The molecule has 248 valence electrons. The fourth-order valence-corrected chi connectivity index (χ4v) is 6.45. The summed E-state index contributed by atoms with van der Waals surface area (Å²) in [6.45, 7) is 8.86. The number of methoxy groups -OCH3 is 1. The van der Waals surface area contributed by atoms with Crippen molar-refractivity contribution in [2.75, 3.05) is 24.3 Å². The Kier molecular flexibility index (Phi) is 10.4. The Morgan fingerprint density at radius 3 is 2.43 bits per heavy atom. The molecule has 0 radical (unpaired) electrons. The van der Waals surface area contributed by atoms with Gasteiger partial charge >= 0.3 is 12.4 Å². The summed E-state index contributed by atoms with van der Waals surface area (Å²) < 4.78 is 48.2. The molecule has 2 atom stereocenters. The standard InChI is InChI=1S/C34H37F3N6O3S/c1-21(2)29-18-28(45-5)14-15-30(29)43-23(4)16-17-47-33(43)40-32(44)38-19-22(3)24-6-8-25(9-7-24)31-39-20-42(41-31)26-10-12-27(13-11-26)46-34(35,36)37/h6-15,18,20-23H,16-17,19H2,1-5H3,(H,38,44)/b40-33-. The molecule has 1 fully saturated rings. The summed E-state index contributed by atoms with van der Waals surface area (Å²) in [5.74, 6) is 2.11. The monoisotopic (exact) mass is 666 g/mol. The third-order valence-corrected chi connectivity index (χ3v) is 8.84. The molecule has 2 amide bonds. The molecule has 9 nitrogen and oxygen atoms in total. The second-order valence-electron chi connectivity index (χ2n) is 11.6. The van der Waals surface area contributed by atoms with Gasteiger partial charge in [-0.05, 0) is 78.8 Å². The van der Waals surface area contributed by atoms with Gasteiger partial charge in [-0.25, -0.2) is 14.5 Å². The number of halogens is 3. The number of hydrogen-bond acceptors (Lipinski definition) is 6. The largest absolute Gasteiger partial charge is 0.573 e. The van der Waals surface area contributed by atoms with Gasteiger partial charge in [0.2, 0.25) is 0 Å². The quantitative estimate of drug-likeness (QED) is 0.193. The number of hydrogen-bond donors (Lipinski definition) is 1. The van der Waals surface area contributed by atoms with E-state index in [1.165, 1.54) is 35.3 Å². The summed E-state index contributed by atoms with van der Waals surface area (Å²) in [7, 11) is 1.66. The average molecular weight is 667 g/mol. The van der Waals surface area contributed by atoms with Crippen molar-refractivity contribution >= 4 is 28.6 Å². The molecule has 0 bridgehead atoms. The van der Waals surface area contributed by atoms with Crippen LogP contribution in [0.2, 0.25) is 0 Å². The van der Waals surface area contributed by atoms with Crippen LogP contribution in [0.3, 0.4) is 0 Å². The maximum atomic E-state index is 13.1. The van der Waals surface area contributed by atoms with Crippen LogP contribution in [-0.4, -0.2) is 57.8 Å². The number of urea groups is 1. The number of ether oxygens (including phenoxy) is 2. The number of nitrogens with one attached hydrogen (secondary N) is 1. The first kappa shape index (κ1) is 33.8. The van der Waals surface area contributed by atoms with Crippen LogP contribution in [0.25, 0.3) is 17.1 Å². The minimum absolute atomic E-state index is 0.0133. The zero-order valence-electron chi connectivity index (χ0n) is 26.8. The van der Waals surface area contributed by atoms with E-state index in [2.05, 4.69) is 56.9 Å². The Bertz CT molecular complexity index is 1710. The molecule has 2 unspecified atom stereocenters. The van der Waals surface area contributed by atoms with Crippen molar-refractivity contribution in [3.05, 3.63) is 84.2 Å². The van der Waals surface area contributed by atoms with E-state index in [1.807, 2.05) is 43.3 Å². The van der Waals surface area contributed by atoms with Crippen molar-refractivity contribution in [2.24, 2.45) is 4.99 Å². The summed E-state index contributed by atoms with van der Waals surface area (Å²) in [5, 5.41) is 8.11. The molecule has 13 heteroatoms. The molecule has 1 N–H and O–H groups in total. The van der Waals surface area contributed by atoms with Gasteiger partial charge in [-0.1, -0.05) is 56.8 Å². The lowest BCUT2D eigenvalue weighted by atomic mass is 9.99. The van der Waals surface area contributed by atoms with Crippen molar-refractivity contribution in [3.63, 3.8) is 0 Å². The van der Waals surface area contributed by atoms with Crippen LogP contribution in [0.15, 0.2) is 78.0 Å². The highest BCUT2D eigenvalue weighted by Crippen LogP contribution is 2.37. The summed E-state index contributed by atoms with van der Waals surface area (Å²) in [4.78, 5) is 24.1. The van der Waals surface area contributed by atoms with Gasteiger partial charge in [-0.3, -0.25) is 0 Å². The first-order chi connectivity index (χ1) is 22.4. The Balaban J connectivity index is 1.22. The molecule has 1 aliphatic rings. The highest BCUT2D eigenvalue weighted by atomic mass is 32.2. The van der Waals surface area contributed by atoms with Gasteiger partial charge < -0.3 is 19.7 Å². The fraction of sp³-hybridized carbons (Fsp3) is 0.353. The van der Waals surface area contributed by atoms with E-state index < -0.39 is 6.36 Å². The number of aromatic nitrogens is 3. The number of alkyl halides is 3. The molecular formula is C34H37F3N6O3S. The third-order valence-electron chi connectivity index (χ3n) is 7.85. The average Bonchev–Trinajstić information content (AvgIpc) is 3.54. The van der Waals surface area contributed by atoms with Crippen molar-refractivity contribution in [1.82, 2.24) is 20.1 Å². The van der Waals surface area contributed by atoms with E-state index >= 15 is 0 Å². The number of anilines is 1. The molecule has 0 aliphatic carbocycles.